The fourth-order valence-electron chi connectivity index (χ4n) is 4.78. The Balaban J connectivity index is 1.54. The molecule has 11 heteroatoms. The van der Waals surface area contributed by atoms with Crippen molar-refractivity contribution < 1.29 is 23.7 Å². The minimum atomic E-state index is -0.788. The summed E-state index contributed by atoms with van der Waals surface area (Å²) >= 11 is 11.4. The van der Waals surface area contributed by atoms with Crippen molar-refractivity contribution in [2.45, 2.75) is 33.4 Å². The molecule has 5 rings (SSSR count). The van der Waals surface area contributed by atoms with E-state index in [1.54, 1.807) is 24.3 Å². The predicted octanol–water partition coefficient (Wildman–Crippen LogP) is 6.12. The van der Waals surface area contributed by atoms with Gasteiger partial charge in [0.1, 0.15) is 6.61 Å². The SMILES string of the molecule is CCOc1ccc([C@@H]2C(C(=O)OC)=CN=c3s/c(=C\c4cc(Cl)c(OCc5ccc(C)cc5)c(Br)c4)c(=O)n32)cc1OCC. The third-order valence-electron chi connectivity index (χ3n) is 6.83. The monoisotopic (exact) mass is 696 g/mol. The van der Waals surface area contributed by atoms with Crippen molar-refractivity contribution >= 4 is 50.9 Å². The highest BCUT2D eigenvalue weighted by molar-refractivity contribution is 9.10. The van der Waals surface area contributed by atoms with Crippen LogP contribution in [0, 0.1) is 6.92 Å². The van der Waals surface area contributed by atoms with Gasteiger partial charge in [0.05, 0.1) is 46.0 Å². The molecule has 0 saturated heterocycles. The lowest BCUT2D eigenvalue weighted by atomic mass is 9.97. The normalized spacial score (nSPS) is 14.4. The van der Waals surface area contributed by atoms with Gasteiger partial charge in [0.15, 0.2) is 22.0 Å². The van der Waals surface area contributed by atoms with Crippen LogP contribution in [0.3, 0.4) is 0 Å². The molecule has 0 spiro atoms. The van der Waals surface area contributed by atoms with E-state index in [9.17, 15) is 9.59 Å². The quantitative estimate of drug-likeness (QED) is 0.186. The first kappa shape index (κ1) is 31.6. The third kappa shape index (κ3) is 6.62. The Bertz CT molecular complexity index is 1890. The van der Waals surface area contributed by atoms with Crippen LogP contribution in [0.1, 0.15) is 42.1 Å². The van der Waals surface area contributed by atoms with E-state index in [1.165, 1.54) is 34.8 Å². The summed E-state index contributed by atoms with van der Waals surface area (Å²) in [6.45, 7) is 7.03. The maximum atomic E-state index is 13.9. The molecule has 1 aliphatic rings. The molecule has 0 aliphatic carbocycles. The summed E-state index contributed by atoms with van der Waals surface area (Å²) in [5.41, 5.74) is 3.44. The number of esters is 1. The summed E-state index contributed by atoms with van der Waals surface area (Å²) in [4.78, 5) is 31.7. The van der Waals surface area contributed by atoms with Gasteiger partial charge in [-0.25, -0.2) is 9.79 Å². The summed E-state index contributed by atoms with van der Waals surface area (Å²) in [6, 6.07) is 16.2. The van der Waals surface area contributed by atoms with Gasteiger partial charge >= 0.3 is 5.97 Å². The first-order chi connectivity index (χ1) is 21.2. The molecule has 2 heterocycles. The maximum Gasteiger partial charge on any atom is 0.337 e. The molecule has 0 fully saturated rings. The largest absolute Gasteiger partial charge is 0.490 e. The molecule has 0 N–H and O–H groups in total. The zero-order valence-corrected chi connectivity index (χ0v) is 27.7. The summed E-state index contributed by atoms with van der Waals surface area (Å²) < 4.78 is 25.2. The Hall–Kier alpha value is -3.86. The lowest BCUT2D eigenvalue weighted by molar-refractivity contribution is -0.136. The van der Waals surface area contributed by atoms with Crippen molar-refractivity contribution in [2.24, 2.45) is 4.99 Å². The summed E-state index contributed by atoms with van der Waals surface area (Å²) in [6.07, 6.45) is 3.20. The number of fused-ring (bicyclic) bond motifs is 1. The van der Waals surface area contributed by atoms with E-state index in [0.717, 1.165) is 5.56 Å². The van der Waals surface area contributed by atoms with E-state index >= 15 is 0 Å². The minimum absolute atomic E-state index is 0.221. The fraction of sp³-hybridized carbons (Fsp3) is 0.242. The summed E-state index contributed by atoms with van der Waals surface area (Å²) in [5, 5.41) is 0.397. The molecule has 3 aromatic carbocycles. The molecule has 1 atom stereocenters. The van der Waals surface area contributed by atoms with Crippen LogP contribution in [-0.2, 0) is 16.1 Å². The Morgan fingerprint density at radius 1 is 1.05 bits per heavy atom. The van der Waals surface area contributed by atoms with Crippen LogP contribution < -0.4 is 29.1 Å². The molecule has 8 nitrogen and oxygen atoms in total. The topological polar surface area (TPSA) is 88.4 Å². The van der Waals surface area contributed by atoms with Crippen molar-refractivity contribution in [3.8, 4) is 17.2 Å². The Morgan fingerprint density at radius 3 is 2.45 bits per heavy atom. The van der Waals surface area contributed by atoms with Gasteiger partial charge in [-0.3, -0.25) is 9.36 Å². The second-order valence-electron chi connectivity index (χ2n) is 9.84. The number of carbonyl (C=O) groups excluding carboxylic acids is 1. The number of ether oxygens (including phenoxy) is 4. The Kier molecular flexibility index (Phi) is 9.93. The van der Waals surface area contributed by atoms with Crippen molar-refractivity contribution in [1.82, 2.24) is 4.57 Å². The second-order valence-corrected chi connectivity index (χ2v) is 12.1. The van der Waals surface area contributed by atoms with Gasteiger partial charge in [0, 0.05) is 6.20 Å². The summed E-state index contributed by atoms with van der Waals surface area (Å²) in [5.74, 6) is 1.01. The molecule has 4 aromatic rings. The third-order valence-corrected chi connectivity index (χ3v) is 8.70. The van der Waals surface area contributed by atoms with Gasteiger partial charge in [0.2, 0.25) is 0 Å². The van der Waals surface area contributed by atoms with Crippen LogP contribution in [0.2, 0.25) is 5.02 Å². The number of hydrogen-bond donors (Lipinski definition) is 0. The fourth-order valence-corrected chi connectivity index (χ4v) is 6.74. The number of nitrogens with zero attached hydrogens (tertiary/aromatic N) is 2. The van der Waals surface area contributed by atoms with Crippen LogP contribution in [-0.4, -0.2) is 30.9 Å². The van der Waals surface area contributed by atoms with Crippen LogP contribution in [0.4, 0.5) is 0 Å². The Morgan fingerprint density at radius 2 is 1.77 bits per heavy atom. The number of aromatic nitrogens is 1. The molecule has 228 valence electrons. The van der Waals surface area contributed by atoms with E-state index in [0.29, 0.717) is 67.0 Å². The van der Waals surface area contributed by atoms with Crippen LogP contribution >= 0.6 is 38.9 Å². The van der Waals surface area contributed by atoms with Gasteiger partial charge in [-0.05, 0) is 83.7 Å². The highest BCUT2D eigenvalue weighted by Crippen LogP contribution is 2.36. The first-order valence-electron chi connectivity index (χ1n) is 13.9. The number of aryl methyl sites for hydroxylation is 1. The number of methoxy groups -OCH3 is 1. The molecule has 0 bridgehead atoms. The average Bonchev–Trinajstić information content (AvgIpc) is 3.32. The minimum Gasteiger partial charge on any atom is -0.490 e. The molecule has 1 aliphatic heterocycles. The van der Waals surface area contributed by atoms with E-state index in [-0.39, 0.29) is 11.1 Å². The molecule has 0 unspecified atom stereocenters. The number of carbonyl (C=O) groups is 1. The van der Waals surface area contributed by atoms with Gasteiger partial charge < -0.3 is 18.9 Å². The maximum absolute atomic E-state index is 13.9. The van der Waals surface area contributed by atoms with Crippen molar-refractivity contribution in [1.29, 1.82) is 0 Å². The van der Waals surface area contributed by atoms with Gasteiger partial charge in [-0.2, -0.15) is 0 Å². The molecule has 44 heavy (non-hydrogen) atoms. The van der Waals surface area contributed by atoms with E-state index in [4.69, 9.17) is 30.5 Å². The highest BCUT2D eigenvalue weighted by Gasteiger charge is 2.31. The smallest absolute Gasteiger partial charge is 0.337 e. The zero-order chi connectivity index (χ0) is 31.4. The second kappa shape index (κ2) is 13.8. The summed E-state index contributed by atoms with van der Waals surface area (Å²) in [7, 11) is 1.30. The van der Waals surface area contributed by atoms with Crippen molar-refractivity contribution in [2.75, 3.05) is 20.3 Å². The number of halogens is 2. The number of benzene rings is 3. The molecular formula is C33H30BrClN2O6S. The van der Waals surface area contributed by atoms with Crippen molar-refractivity contribution in [3.05, 3.63) is 118 Å². The van der Waals surface area contributed by atoms with Crippen LogP contribution in [0.15, 0.2) is 80.6 Å². The number of hydrogen-bond acceptors (Lipinski definition) is 8. The van der Waals surface area contributed by atoms with E-state index < -0.39 is 12.0 Å². The standard InChI is InChI=1S/C33H30BrClN2O6S/c1-5-41-26-12-11-22(16-27(26)42-6-2)29-23(32(39)40-4)17-36-33-37(29)31(38)28(44-33)15-21-13-24(34)30(25(35)14-21)43-18-20-9-7-19(3)8-10-20/h7-17,29H,5-6,18H2,1-4H3/b28-15-/t29-/m1/s1. The van der Waals surface area contributed by atoms with Crippen LogP contribution in [0.25, 0.3) is 6.08 Å². The van der Waals surface area contributed by atoms with Gasteiger partial charge in [0.25, 0.3) is 5.56 Å². The Labute approximate surface area is 272 Å². The average molecular weight is 698 g/mol. The van der Waals surface area contributed by atoms with E-state index in [1.807, 2.05) is 57.2 Å². The molecule has 0 saturated carbocycles. The highest BCUT2D eigenvalue weighted by atomic mass is 79.9. The van der Waals surface area contributed by atoms with Gasteiger partial charge in [-0.15, -0.1) is 0 Å². The molecule has 0 amide bonds. The molecular weight excluding hydrogens is 668 g/mol. The molecule has 0 radical (unpaired) electrons. The lowest BCUT2D eigenvalue weighted by Gasteiger charge is -2.23. The van der Waals surface area contributed by atoms with Gasteiger partial charge in [-0.1, -0.05) is 58.8 Å². The lowest BCUT2D eigenvalue weighted by Crippen LogP contribution is -2.39. The van der Waals surface area contributed by atoms with Crippen LogP contribution in [0.5, 0.6) is 17.2 Å². The first-order valence-corrected chi connectivity index (χ1v) is 15.9. The predicted molar refractivity (Wildman–Crippen MR) is 175 cm³/mol. The molecule has 1 aromatic heterocycles. The number of rotatable bonds is 10. The zero-order valence-electron chi connectivity index (χ0n) is 24.6. The number of thiazole rings is 1. The van der Waals surface area contributed by atoms with E-state index in [2.05, 4.69) is 20.9 Å². The van der Waals surface area contributed by atoms with Crippen molar-refractivity contribution in [3.63, 3.8) is 0 Å².